The van der Waals surface area contributed by atoms with Crippen molar-refractivity contribution in [2.75, 3.05) is 0 Å². The van der Waals surface area contributed by atoms with Crippen LogP contribution >= 0.6 is 11.8 Å². The quantitative estimate of drug-likeness (QED) is 0.910. The summed E-state index contributed by atoms with van der Waals surface area (Å²) in [4.78, 5) is 1.20. The molecule has 3 atom stereocenters. The van der Waals surface area contributed by atoms with Gasteiger partial charge in [0.15, 0.2) is 0 Å². The van der Waals surface area contributed by atoms with Crippen LogP contribution in [0, 0.1) is 0 Å². The van der Waals surface area contributed by atoms with Gasteiger partial charge in [0.1, 0.15) is 5.76 Å². The number of rotatable bonds is 4. The van der Waals surface area contributed by atoms with Gasteiger partial charge in [-0.2, -0.15) is 0 Å². The van der Waals surface area contributed by atoms with E-state index in [2.05, 4.69) is 12.1 Å². The average molecular weight is 260 g/mol. The summed E-state index contributed by atoms with van der Waals surface area (Å²) in [5.41, 5.74) is 0. The Labute approximate surface area is 111 Å². The molecule has 1 heterocycles. The molecule has 2 nitrogen and oxygen atoms in total. The molecule has 1 N–H and O–H groups in total. The van der Waals surface area contributed by atoms with Crippen molar-refractivity contribution in [2.45, 2.75) is 35.0 Å². The van der Waals surface area contributed by atoms with E-state index < -0.39 is 0 Å². The van der Waals surface area contributed by atoms with Gasteiger partial charge in [0.2, 0.25) is 0 Å². The molecular weight excluding hydrogens is 244 g/mol. The lowest BCUT2D eigenvalue weighted by Crippen LogP contribution is -2.23. The van der Waals surface area contributed by atoms with Gasteiger partial charge in [-0.3, -0.25) is 0 Å². The van der Waals surface area contributed by atoms with Gasteiger partial charge < -0.3 is 9.52 Å². The normalized spacial score (nSPS) is 28.0. The van der Waals surface area contributed by atoms with Crippen molar-refractivity contribution in [3.05, 3.63) is 54.5 Å². The van der Waals surface area contributed by atoms with Crippen LogP contribution in [0.4, 0.5) is 0 Å². The van der Waals surface area contributed by atoms with Crippen molar-refractivity contribution in [3.8, 4) is 0 Å². The van der Waals surface area contributed by atoms with E-state index in [1.807, 2.05) is 37.3 Å². The third kappa shape index (κ3) is 1.98. The minimum Gasteiger partial charge on any atom is -0.469 e. The third-order valence-corrected chi connectivity index (χ3v) is 5.28. The van der Waals surface area contributed by atoms with E-state index in [-0.39, 0.29) is 10.9 Å². The van der Waals surface area contributed by atoms with Crippen LogP contribution in [0.2, 0.25) is 0 Å². The number of furan rings is 1. The summed E-state index contributed by atoms with van der Waals surface area (Å²) in [5.74, 6) is 1.30. The highest BCUT2D eigenvalue weighted by atomic mass is 32.2. The first-order valence-electron chi connectivity index (χ1n) is 6.18. The smallest absolute Gasteiger partial charge is 0.108 e. The van der Waals surface area contributed by atoms with E-state index in [1.165, 1.54) is 4.90 Å². The van der Waals surface area contributed by atoms with Crippen molar-refractivity contribution in [2.24, 2.45) is 0 Å². The first kappa shape index (κ1) is 11.9. The molecule has 94 valence electrons. The van der Waals surface area contributed by atoms with Gasteiger partial charge in [0.05, 0.1) is 17.1 Å². The standard InChI is InChI=1S/C15H16O2S/c1-11(16)15(18-12-6-3-2-4-7-12)10-13(15)14-8-5-9-17-14/h2-9,11,13,16H,10H2,1H3/t11-,13+,15-/m0/s1. The van der Waals surface area contributed by atoms with Gasteiger partial charge >= 0.3 is 0 Å². The van der Waals surface area contributed by atoms with Crippen LogP contribution < -0.4 is 0 Å². The molecule has 1 fully saturated rings. The molecule has 1 saturated carbocycles. The Bertz CT molecular complexity index is 507. The van der Waals surface area contributed by atoms with Crippen LogP contribution in [-0.2, 0) is 0 Å². The largest absolute Gasteiger partial charge is 0.469 e. The lowest BCUT2D eigenvalue weighted by molar-refractivity contribution is 0.181. The molecule has 1 aromatic carbocycles. The second-order valence-electron chi connectivity index (χ2n) is 4.82. The van der Waals surface area contributed by atoms with Crippen LogP contribution in [0.15, 0.2) is 58.0 Å². The minimum absolute atomic E-state index is 0.126. The molecule has 0 bridgehead atoms. The van der Waals surface area contributed by atoms with E-state index in [1.54, 1.807) is 18.0 Å². The van der Waals surface area contributed by atoms with Crippen LogP contribution in [0.25, 0.3) is 0 Å². The van der Waals surface area contributed by atoms with Crippen molar-refractivity contribution < 1.29 is 9.52 Å². The maximum absolute atomic E-state index is 10.1. The second-order valence-corrected chi connectivity index (χ2v) is 6.25. The molecule has 2 aromatic rings. The summed E-state index contributed by atoms with van der Waals surface area (Å²) in [6.07, 6.45) is 2.32. The third-order valence-electron chi connectivity index (χ3n) is 3.60. The first-order valence-corrected chi connectivity index (χ1v) is 6.99. The molecule has 3 heteroatoms. The van der Waals surface area contributed by atoms with Crippen LogP contribution in [-0.4, -0.2) is 16.0 Å². The van der Waals surface area contributed by atoms with Gasteiger partial charge in [0, 0.05) is 10.8 Å². The highest BCUT2D eigenvalue weighted by Gasteiger charge is 2.60. The van der Waals surface area contributed by atoms with E-state index in [0.717, 1.165) is 12.2 Å². The topological polar surface area (TPSA) is 33.4 Å². The fraction of sp³-hybridized carbons (Fsp3) is 0.333. The molecule has 0 spiro atoms. The Kier molecular flexibility index (Phi) is 2.96. The van der Waals surface area contributed by atoms with Gasteiger partial charge in [-0.1, -0.05) is 18.2 Å². The Balaban J connectivity index is 1.83. The van der Waals surface area contributed by atoms with Gasteiger partial charge in [0.25, 0.3) is 0 Å². The molecule has 0 aliphatic heterocycles. The lowest BCUT2D eigenvalue weighted by atomic mass is 10.2. The number of aliphatic hydroxyl groups is 1. The molecule has 1 aliphatic rings. The predicted octanol–water partition coefficient (Wildman–Crippen LogP) is 3.68. The SMILES string of the molecule is C[C@H](O)[C@@]1(Sc2ccccc2)C[C@@H]1c1ccco1. The Morgan fingerprint density at radius 1 is 1.28 bits per heavy atom. The minimum atomic E-state index is -0.349. The Hall–Kier alpha value is -1.19. The van der Waals surface area contributed by atoms with Gasteiger partial charge in [-0.25, -0.2) is 0 Å². The molecule has 0 radical (unpaired) electrons. The Morgan fingerprint density at radius 3 is 2.67 bits per heavy atom. The highest BCUT2D eigenvalue weighted by molar-refractivity contribution is 8.01. The second kappa shape index (κ2) is 4.48. The monoisotopic (exact) mass is 260 g/mol. The van der Waals surface area contributed by atoms with Crippen molar-refractivity contribution in [1.82, 2.24) is 0 Å². The molecule has 0 saturated heterocycles. The molecule has 1 aromatic heterocycles. The predicted molar refractivity (Wildman–Crippen MR) is 72.8 cm³/mol. The number of hydrogen-bond acceptors (Lipinski definition) is 3. The Morgan fingerprint density at radius 2 is 2.06 bits per heavy atom. The highest BCUT2D eigenvalue weighted by Crippen LogP contribution is 2.64. The average Bonchev–Trinajstić information content (AvgIpc) is 2.87. The van der Waals surface area contributed by atoms with E-state index >= 15 is 0 Å². The van der Waals surface area contributed by atoms with Crippen molar-refractivity contribution >= 4 is 11.8 Å². The lowest BCUT2D eigenvalue weighted by Gasteiger charge is -2.19. The molecule has 1 aliphatic carbocycles. The number of benzene rings is 1. The molecule has 3 rings (SSSR count). The fourth-order valence-electron chi connectivity index (χ4n) is 2.46. The van der Waals surface area contributed by atoms with Gasteiger partial charge in [-0.15, -0.1) is 11.8 Å². The van der Waals surface area contributed by atoms with E-state index in [0.29, 0.717) is 5.92 Å². The summed E-state index contributed by atoms with van der Waals surface area (Å²) in [7, 11) is 0. The summed E-state index contributed by atoms with van der Waals surface area (Å²) in [6.45, 7) is 1.87. The van der Waals surface area contributed by atoms with Crippen LogP contribution in [0.5, 0.6) is 0 Å². The van der Waals surface area contributed by atoms with E-state index in [9.17, 15) is 5.11 Å². The zero-order valence-electron chi connectivity index (χ0n) is 10.2. The molecule has 0 amide bonds. The number of hydrogen-bond donors (Lipinski definition) is 1. The molecule has 18 heavy (non-hydrogen) atoms. The summed E-state index contributed by atoms with van der Waals surface area (Å²) >= 11 is 1.76. The summed E-state index contributed by atoms with van der Waals surface area (Å²) in [5, 5.41) is 10.1. The van der Waals surface area contributed by atoms with Crippen LogP contribution in [0.3, 0.4) is 0 Å². The van der Waals surface area contributed by atoms with Gasteiger partial charge in [-0.05, 0) is 37.6 Å². The maximum Gasteiger partial charge on any atom is 0.108 e. The zero-order chi connectivity index (χ0) is 12.6. The zero-order valence-corrected chi connectivity index (χ0v) is 11.1. The molecule has 0 unspecified atom stereocenters. The van der Waals surface area contributed by atoms with E-state index in [4.69, 9.17) is 4.42 Å². The maximum atomic E-state index is 10.1. The van der Waals surface area contributed by atoms with Crippen molar-refractivity contribution in [3.63, 3.8) is 0 Å². The van der Waals surface area contributed by atoms with Crippen LogP contribution in [0.1, 0.15) is 25.0 Å². The summed E-state index contributed by atoms with van der Waals surface area (Å²) < 4.78 is 5.35. The fourth-order valence-corrected chi connectivity index (χ4v) is 3.87. The van der Waals surface area contributed by atoms with Crippen molar-refractivity contribution in [1.29, 1.82) is 0 Å². The first-order chi connectivity index (χ1) is 8.72. The number of aliphatic hydroxyl groups excluding tert-OH is 1. The summed E-state index contributed by atoms with van der Waals surface area (Å²) in [6, 6.07) is 14.2. The number of thioether (sulfide) groups is 1. The molecular formula is C15H16O2S.